The second kappa shape index (κ2) is 5.87. The lowest BCUT2D eigenvalue weighted by atomic mass is 10.2. The molecule has 10 heteroatoms. The molecule has 27 heavy (non-hydrogen) atoms. The minimum Gasteiger partial charge on any atom is -0.362 e. The largest absolute Gasteiger partial charge is 0.362 e. The van der Waals surface area contributed by atoms with Gasteiger partial charge in [-0.1, -0.05) is 22.5 Å². The van der Waals surface area contributed by atoms with Crippen LogP contribution in [-0.2, 0) is 13.6 Å². The van der Waals surface area contributed by atoms with Crippen LogP contribution in [0.3, 0.4) is 0 Å². The van der Waals surface area contributed by atoms with Gasteiger partial charge in [-0.05, 0) is 19.1 Å². The Balaban J connectivity index is 1.66. The van der Waals surface area contributed by atoms with Gasteiger partial charge in [-0.25, -0.2) is 9.97 Å². The van der Waals surface area contributed by atoms with Crippen LogP contribution in [0.15, 0.2) is 41.2 Å². The summed E-state index contributed by atoms with van der Waals surface area (Å²) in [6, 6.07) is 9.68. The van der Waals surface area contributed by atoms with E-state index in [1.54, 1.807) is 15.5 Å². The van der Waals surface area contributed by atoms with Crippen LogP contribution < -0.4 is 5.32 Å². The molecule has 5 rings (SSSR count). The fourth-order valence-corrected chi connectivity index (χ4v) is 2.97. The highest BCUT2D eigenvalue weighted by Gasteiger charge is 2.18. The zero-order chi connectivity index (χ0) is 18.4. The van der Waals surface area contributed by atoms with E-state index < -0.39 is 0 Å². The summed E-state index contributed by atoms with van der Waals surface area (Å²) in [5.74, 6) is 2.09. The highest BCUT2D eigenvalue weighted by atomic mass is 16.5. The number of aromatic nitrogens is 8. The van der Waals surface area contributed by atoms with Crippen molar-refractivity contribution in [3.05, 3.63) is 48.2 Å². The van der Waals surface area contributed by atoms with Crippen LogP contribution in [0.2, 0.25) is 0 Å². The molecule has 0 fully saturated rings. The van der Waals surface area contributed by atoms with Crippen LogP contribution >= 0.6 is 0 Å². The van der Waals surface area contributed by atoms with E-state index in [0.717, 1.165) is 10.9 Å². The number of rotatable bonds is 4. The number of nitrogens with one attached hydrogen (secondary N) is 1. The third-order valence-electron chi connectivity index (χ3n) is 4.18. The van der Waals surface area contributed by atoms with Crippen LogP contribution in [0.1, 0.15) is 11.6 Å². The Morgan fingerprint density at radius 2 is 2.11 bits per heavy atom. The van der Waals surface area contributed by atoms with Gasteiger partial charge >= 0.3 is 0 Å². The lowest BCUT2D eigenvalue weighted by Gasteiger charge is -2.09. The summed E-state index contributed by atoms with van der Waals surface area (Å²) >= 11 is 0. The lowest BCUT2D eigenvalue weighted by molar-refractivity contribution is 0.399. The number of hydrogen-bond acceptors (Lipinski definition) is 8. The van der Waals surface area contributed by atoms with Crippen LogP contribution in [0.5, 0.6) is 0 Å². The van der Waals surface area contributed by atoms with Crippen LogP contribution in [0.4, 0.5) is 5.82 Å². The maximum Gasteiger partial charge on any atom is 0.188 e. The molecule has 4 aromatic heterocycles. The molecule has 4 heterocycles. The summed E-state index contributed by atoms with van der Waals surface area (Å²) < 4.78 is 8.54. The first-order chi connectivity index (χ1) is 13.2. The summed E-state index contributed by atoms with van der Waals surface area (Å²) in [4.78, 5) is 8.99. The number of para-hydroxylation sites is 1. The number of benzene rings is 1. The average molecular weight is 361 g/mol. The molecule has 5 aromatic rings. The minimum absolute atomic E-state index is 0.452. The zero-order valence-corrected chi connectivity index (χ0v) is 14.7. The standard InChI is InChI=1S/C17H15N9O/c1-10-7-12(23-27-10)15-17-20-16(18-8-14-19-9-25(2)22-14)11-5-3-4-6-13(11)26(17)24-21-15/h3-7,9H,8H2,1-2H3,(H,18,20). The molecule has 0 aliphatic heterocycles. The summed E-state index contributed by atoms with van der Waals surface area (Å²) in [6.45, 7) is 2.28. The second-order valence-corrected chi connectivity index (χ2v) is 6.16. The molecule has 0 atom stereocenters. The van der Waals surface area contributed by atoms with Gasteiger partial charge in [0, 0.05) is 18.5 Å². The molecule has 0 radical (unpaired) electrons. The minimum atomic E-state index is 0.452. The van der Waals surface area contributed by atoms with Gasteiger partial charge in [0.15, 0.2) is 17.2 Å². The molecule has 0 saturated carbocycles. The van der Waals surface area contributed by atoms with Gasteiger partial charge in [-0.2, -0.15) is 9.61 Å². The molecule has 0 saturated heterocycles. The molecule has 0 unspecified atom stereocenters. The third kappa shape index (κ3) is 2.58. The number of aryl methyl sites for hydroxylation is 2. The monoisotopic (exact) mass is 361 g/mol. The van der Waals surface area contributed by atoms with Crippen molar-refractivity contribution in [3.8, 4) is 11.4 Å². The molecule has 134 valence electrons. The predicted molar refractivity (Wildman–Crippen MR) is 96.9 cm³/mol. The van der Waals surface area contributed by atoms with Gasteiger partial charge < -0.3 is 9.84 Å². The van der Waals surface area contributed by atoms with Crippen molar-refractivity contribution in [2.24, 2.45) is 7.05 Å². The van der Waals surface area contributed by atoms with Crippen LogP contribution in [0.25, 0.3) is 27.9 Å². The van der Waals surface area contributed by atoms with Gasteiger partial charge in [0.25, 0.3) is 0 Å². The van der Waals surface area contributed by atoms with Crippen molar-refractivity contribution in [1.82, 2.24) is 39.7 Å². The van der Waals surface area contributed by atoms with Gasteiger partial charge in [0.1, 0.15) is 23.6 Å². The Hall–Kier alpha value is -3.82. The van der Waals surface area contributed by atoms with Crippen molar-refractivity contribution in [2.45, 2.75) is 13.5 Å². The molecule has 0 bridgehead atoms. The first-order valence-corrected chi connectivity index (χ1v) is 8.35. The van der Waals surface area contributed by atoms with Crippen molar-refractivity contribution >= 4 is 22.4 Å². The molecular weight excluding hydrogens is 346 g/mol. The van der Waals surface area contributed by atoms with Crippen LogP contribution in [-0.4, -0.2) is 39.7 Å². The van der Waals surface area contributed by atoms with Crippen molar-refractivity contribution in [3.63, 3.8) is 0 Å². The van der Waals surface area contributed by atoms with E-state index in [4.69, 9.17) is 9.51 Å². The van der Waals surface area contributed by atoms with E-state index in [-0.39, 0.29) is 0 Å². The predicted octanol–water partition coefficient (Wildman–Crippen LogP) is 1.98. The van der Waals surface area contributed by atoms with E-state index in [2.05, 4.69) is 30.9 Å². The number of hydrogen-bond donors (Lipinski definition) is 1. The smallest absolute Gasteiger partial charge is 0.188 e. The molecule has 1 aromatic carbocycles. The van der Waals surface area contributed by atoms with E-state index in [0.29, 0.717) is 41.0 Å². The Labute approximate surface area is 152 Å². The highest BCUT2D eigenvalue weighted by molar-refractivity contribution is 5.92. The van der Waals surface area contributed by atoms with Crippen molar-refractivity contribution in [1.29, 1.82) is 0 Å². The quantitative estimate of drug-likeness (QED) is 0.517. The summed E-state index contributed by atoms with van der Waals surface area (Å²) in [6.07, 6.45) is 1.66. The van der Waals surface area contributed by atoms with Gasteiger partial charge in [-0.15, -0.1) is 5.10 Å². The molecular formula is C17H15N9O. The third-order valence-corrected chi connectivity index (χ3v) is 4.18. The normalized spacial score (nSPS) is 11.5. The van der Waals surface area contributed by atoms with Gasteiger partial charge in [0.2, 0.25) is 0 Å². The topological polar surface area (TPSA) is 112 Å². The van der Waals surface area contributed by atoms with Crippen molar-refractivity contribution in [2.75, 3.05) is 5.32 Å². The number of fused-ring (bicyclic) bond motifs is 3. The number of anilines is 1. The second-order valence-electron chi connectivity index (χ2n) is 6.16. The molecule has 10 nitrogen and oxygen atoms in total. The number of nitrogens with zero attached hydrogens (tertiary/aromatic N) is 8. The van der Waals surface area contributed by atoms with Gasteiger partial charge in [0.05, 0.1) is 12.1 Å². The molecule has 0 aliphatic carbocycles. The lowest BCUT2D eigenvalue weighted by Crippen LogP contribution is -2.06. The fourth-order valence-electron chi connectivity index (χ4n) is 2.97. The van der Waals surface area contributed by atoms with Crippen molar-refractivity contribution < 1.29 is 4.52 Å². The maximum absolute atomic E-state index is 5.17. The molecule has 0 amide bonds. The molecule has 1 N–H and O–H groups in total. The summed E-state index contributed by atoms with van der Waals surface area (Å²) in [5, 5.41) is 21.1. The Morgan fingerprint density at radius 3 is 2.89 bits per heavy atom. The van der Waals surface area contributed by atoms with E-state index in [1.165, 1.54) is 0 Å². The highest BCUT2D eigenvalue weighted by Crippen LogP contribution is 2.27. The first-order valence-electron chi connectivity index (χ1n) is 8.35. The molecule has 0 aliphatic rings. The van der Waals surface area contributed by atoms with E-state index >= 15 is 0 Å². The fraction of sp³-hybridized carbons (Fsp3) is 0.176. The van der Waals surface area contributed by atoms with Gasteiger partial charge in [-0.3, -0.25) is 4.68 Å². The van der Waals surface area contributed by atoms with E-state index in [9.17, 15) is 0 Å². The SMILES string of the molecule is Cc1cc(-c2nnn3c2nc(NCc2ncn(C)n2)c2ccccc23)no1. The zero-order valence-electron chi connectivity index (χ0n) is 14.7. The maximum atomic E-state index is 5.17. The van der Waals surface area contributed by atoms with Crippen LogP contribution in [0, 0.1) is 6.92 Å². The first kappa shape index (κ1) is 15.4. The summed E-state index contributed by atoms with van der Waals surface area (Å²) in [7, 11) is 1.83. The Morgan fingerprint density at radius 1 is 1.22 bits per heavy atom. The Kier molecular flexibility index (Phi) is 3.35. The summed E-state index contributed by atoms with van der Waals surface area (Å²) in [5.41, 5.74) is 2.65. The Bertz CT molecular complexity index is 1270. The molecule has 0 spiro atoms. The van der Waals surface area contributed by atoms with E-state index in [1.807, 2.05) is 44.3 Å². The average Bonchev–Trinajstić information content (AvgIpc) is 3.39.